The SMILES string of the molecule is CC(C)NC1CCCN(Cc2ccnn2C)C1=O. The number of carbonyl (C=O) groups is 1. The summed E-state index contributed by atoms with van der Waals surface area (Å²) in [5, 5.41) is 7.48. The van der Waals surface area contributed by atoms with E-state index in [1.807, 2.05) is 22.7 Å². The molecule has 1 aromatic rings. The molecule has 2 rings (SSSR count). The monoisotopic (exact) mass is 250 g/mol. The Kier molecular flexibility index (Phi) is 4.01. The van der Waals surface area contributed by atoms with E-state index in [4.69, 9.17) is 0 Å². The molecule has 1 aromatic heterocycles. The second-order valence-electron chi connectivity index (χ2n) is 5.22. The van der Waals surface area contributed by atoms with Gasteiger partial charge in [-0.2, -0.15) is 5.10 Å². The Morgan fingerprint density at radius 2 is 2.33 bits per heavy atom. The molecule has 0 spiro atoms. The molecule has 1 aliphatic rings. The minimum atomic E-state index is -0.0213. The maximum atomic E-state index is 12.3. The standard InChI is InChI=1S/C13H22N4O/c1-10(2)15-12-5-4-8-17(13(12)18)9-11-6-7-14-16(11)3/h6-7,10,12,15H,4-5,8-9H2,1-3H3. The van der Waals surface area contributed by atoms with E-state index in [0.29, 0.717) is 12.6 Å². The lowest BCUT2D eigenvalue weighted by molar-refractivity contribution is -0.136. The first kappa shape index (κ1) is 13.1. The zero-order valence-corrected chi connectivity index (χ0v) is 11.4. The van der Waals surface area contributed by atoms with Crippen molar-refractivity contribution in [2.75, 3.05) is 6.54 Å². The van der Waals surface area contributed by atoms with Gasteiger partial charge < -0.3 is 10.2 Å². The lowest BCUT2D eigenvalue weighted by Crippen LogP contribution is -2.52. The van der Waals surface area contributed by atoms with Gasteiger partial charge >= 0.3 is 0 Å². The van der Waals surface area contributed by atoms with Crippen LogP contribution < -0.4 is 5.32 Å². The van der Waals surface area contributed by atoms with E-state index in [9.17, 15) is 4.79 Å². The predicted molar refractivity (Wildman–Crippen MR) is 69.9 cm³/mol. The van der Waals surface area contributed by atoms with E-state index in [1.54, 1.807) is 6.20 Å². The second-order valence-corrected chi connectivity index (χ2v) is 5.22. The Morgan fingerprint density at radius 1 is 1.56 bits per heavy atom. The van der Waals surface area contributed by atoms with Crippen molar-refractivity contribution in [1.29, 1.82) is 0 Å². The highest BCUT2D eigenvalue weighted by Crippen LogP contribution is 2.15. The van der Waals surface area contributed by atoms with Crippen molar-refractivity contribution in [2.24, 2.45) is 7.05 Å². The first-order chi connectivity index (χ1) is 8.58. The molecule has 2 heterocycles. The van der Waals surface area contributed by atoms with Crippen LogP contribution in [0.25, 0.3) is 0 Å². The van der Waals surface area contributed by atoms with Gasteiger partial charge in [0.05, 0.1) is 18.3 Å². The Hall–Kier alpha value is -1.36. The smallest absolute Gasteiger partial charge is 0.240 e. The van der Waals surface area contributed by atoms with Crippen LogP contribution in [0.1, 0.15) is 32.4 Å². The molecule has 0 bridgehead atoms. The number of nitrogens with zero attached hydrogens (tertiary/aromatic N) is 3. The number of rotatable bonds is 4. The number of carbonyl (C=O) groups excluding carboxylic acids is 1. The molecule has 0 radical (unpaired) electrons. The van der Waals surface area contributed by atoms with Gasteiger partial charge in [-0.3, -0.25) is 9.48 Å². The maximum Gasteiger partial charge on any atom is 0.240 e. The zero-order chi connectivity index (χ0) is 13.1. The summed E-state index contributed by atoms with van der Waals surface area (Å²) in [5.41, 5.74) is 1.08. The van der Waals surface area contributed by atoms with Crippen molar-refractivity contribution in [3.05, 3.63) is 18.0 Å². The highest BCUT2D eigenvalue weighted by molar-refractivity contribution is 5.82. The average Bonchev–Trinajstić information content (AvgIpc) is 2.70. The van der Waals surface area contributed by atoms with E-state index in [2.05, 4.69) is 24.3 Å². The van der Waals surface area contributed by atoms with Crippen LogP contribution in [0.2, 0.25) is 0 Å². The molecule has 1 aliphatic heterocycles. The van der Waals surface area contributed by atoms with Gasteiger partial charge in [-0.05, 0) is 18.9 Å². The van der Waals surface area contributed by atoms with Crippen molar-refractivity contribution >= 4 is 5.91 Å². The topological polar surface area (TPSA) is 50.2 Å². The van der Waals surface area contributed by atoms with Crippen molar-refractivity contribution in [1.82, 2.24) is 20.0 Å². The molecular formula is C13H22N4O. The highest BCUT2D eigenvalue weighted by atomic mass is 16.2. The van der Waals surface area contributed by atoms with Crippen LogP contribution in [0.4, 0.5) is 0 Å². The number of hydrogen-bond donors (Lipinski definition) is 1. The fourth-order valence-corrected chi connectivity index (χ4v) is 2.41. The minimum absolute atomic E-state index is 0.0213. The largest absolute Gasteiger partial charge is 0.335 e. The quantitative estimate of drug-likeness (QED) is 0.864. The summed E-state index contributed by atoms with van der Waals surface area (Å²) < 4.78 is 1.83. The van der Waals surface area contributed by atoms with Crippen LogP contribution in [0.5, 0.6) is 0 Å². The van der Waals surface area contributed by atoms with Gasteiger partial charge in [-0.25, -0.2) is 0 Å². The van der Waals surface area contributed by atoms with Crippen LogP contribution in [0.3, 0.4) is 0 Å². The maximum absolute atomic E-state index is 12.3. The molecule has 1 N–H and O–H groups in total. The minimum Gasteiger partial charge on any atom is -0.335 e. The summed E-state index contributed by atoms with van der Waals surface area (Å²) in [6.45, 7) is 5.66. The number of hydrogen-bond acceptors (Lipinski definition) is 3. The molecule has 1 atom stereocenters. The Balaban J connectivity index is 2.00. The van der Waals surface area contributed by atoms with Gasteiger partial charge in [-0.1, -0.05) is 13.8 Å². The van der Waals surface area contributed by atoms with Gasteiger partial charge in [0.25, 0.3) is 0 Å². The number of amides is 1. The van der Waals surface area contributed by atoms with Crippen molar-refractivity contribution in [2.45, 2.75) is 45.3 Å². The number of likely N-dealkylation sites (tertiary alicyclic amines) is 1. The van der Waals surface area contributed by atoms with E-state index in [0.717, 1.165) is 25.1 Å². The Bertz CT molecular complexity index is 413. The second kappa shape index (κ2) is 5.52. The third kappa shape index (κ3) is 2.90. The third-order valence-electron chi connectivity index (χ3n) is 3.34. The summed E-state index contributed by atoms with van der Waals surface area (Å²) in [7, 11) is 1.91. The number of aryl methyl sites for hydroxylation is 1. The number of nitrogens with one attached hydrogen (secondary N) is 1. The fraction of sp³-hybridized carbons (Fsp3) is 0.692. The molecule has 1 amide bonds. The molecule has 5 heteroatoms. The van der Waals surface area contributed by atoms with Crippen molar-refractivity contribution in [3.8, 4) is 0 Å². The fourth-order valence-electron chi connectivity index (χ4n) is 2.41. The Morgan fingerprint density at radius 3 is 2.94 bits per heavy atom. The third-order valence-corrected chi connectivity index (χ3v) is 3.34. The van der Waals surface area contributed by atoms with E-state index >= 15 is 0 Å². The van der Waals surface area contributed by atoms with Crippen LogP contribution in [0, 0.1) is 0 Å². The first-order valence-corrected chi connectivity index (χ1v) is 6.59. The summed E-state index contributed by atoms with van der Waals surface area (Å²) in [6.07, 6.45) is 3.78. The van der Waals surface area contributed by atoms with Gasteiger partial charge in [0.15, 0.2) is 0 Å². The number of aromatic nitrogens is 2. The molecule has 0 aliphatic carbocycles. The molecule has 1 unspecified atom stereocenters. The van der Waals surface area contributed by atoms with Crippen LogP contribution in [-0.2, 0) is 18.4 Å². The van der Waals surface area contributed by atoms with Crippen LogP contribution in [-0.4, -0.2) is 39.2 Å². The number of piperidine rings is 1. The molecule has 1 saturated heterocycles. The van der Waals surface area contributed by atoms with Gasteiger partial charge in [0, 0.05) is 25.8 Å². The summed E-state index contributed by atoms with van der Waals surface area (Å²) >= 11 is 0. The highest BCUT2D eigenvalue weighted by Gasteiger charge is 2.29. The van der Waals surface area contributed by atoms with E-state index in [-0.39, 0.29) is 11.9 Å². The van der Waals surface area contributed by atoms with Crippen LogP contribution >= 0.6 is 0 Å². The van der Waals surface area contributed by atoms with Crippen LogP contribution in [0.15, 0.2) is 12.3 Å². The lowest BCUT2D eigenvalue weighted by Gasteiger charge is -2.33. The first-order valence-electron chi connectivity index (χ1n) is 6.59. The predicted octanol–water partition coefficient (Wildman–Crippen LogP) is 0.909. The molecule has 0 saturated carbocycles. The molecule has 100 valence electrons. The molecule has 5 nitrogen and oxygen atoms in total. The summed E-state index contributed by atoms with van der Waals surface area (Å²) in [6, 6.07) is 2.29. The van der Waals surface area contributed by atoms with Crippen molar-refractivity contribution < 1.29 is 4.79 Å². The average molecular weight is 250 g/mol. The van der Waals surface area contributed by atoms with Gasteiger partial charge in [-0.15, -0.1) is 0 Å². The van der Waals surface area contributed by atoms with Crippen molar-refractivity contribution in [3.63, 3.8) is 0 Å². The van der Waals surface area contributed by atoms with E-state index in [1.165, 1.54) is 0 Å². The normalized spacial score (nSPS) is 20.8. The van der Waals surface area contributed by atoms with E-state index < -0.39 is 0 Å². The molecule has 1 fully saturated rings. The Labute approximate surface area is 108 Å². The molecule has 18 heavy (non-hydrogen) atoms. The summed E-state index contributed by atoms with van der Waals surface area (Å²) in [5.74, 6) is 0.219. The molecule has 0 aromatic carbocycles. The zero-order valence-electron chi connectivity index (χ0n) is 11.4. The van der Waals surface area contributed by atoms with Gasteiger partial charge in [0.2, 0.25) is 5.91 Å². The van der Waals surface area contributed by atoms with Gasteiger partial charge in [0.1, 0.15) is 0 Å². The molecular weight excluding hydrogens is 228 g/mol. The lowest BCUT2D eigenvalue weighted by atomic mass is 10.0. The summed E-state index contributed by atoms with van der Waals surface area (Å²) in [4.78, 5) is 14.3.